The van der Waals surface area contributed by atoms with Crippen LogP contribution in [0, 0.1) is 11.3 Å². The maximum absolute atomic E-state index is 9.37. The molecule has 0 amide bonds. The molecule has 4 heteroatoms. The Morgan fingerprint density at radius 1 is 1.45 bits per heavy atom. The molecule has 0 heterocycles. The van der Waals surface area contributed by atoms with Gasteiger partial charge in [-0.3, -0.25) is 0 Å². The first-order valence-corrected chi connectivity index (χ1v) is 7.41. The van der Waals surface area contributed by atoms with Crippen LogP contribution >= 0.6 is 0 Å². The first-order chi connectivity index (χ1) is 9.80. The SMILES string of the molecule is CCCNCc1ccc(N(CCO)C2CC2)c(C#N)c1. The quantitative estimate of drug-likeness (QED) is 0.711. The third kappa shape index (κ3) is 3.72. The monoisotopic (exact) mass is 273 g/mol. The molecule has 2 N–H and O–H groups in total. The Kier molecular flexibility index (Phi) is 5.40. The van der Waals surface area contributed by atoms with E-state index in [9.17, 15) is 10.4 Å². The van der Waals surface area contributed by atoms with E-state index < -0.39 is 0 Å². The zero-order chi connectivity index (χ0) is 14.4. The number of benzene rings is 1. The van der Waals surface area contributed by atoms with Gasteiger partial charge in [0.2, 0.25) is 0 Å². The number of rotatable bonds is 8. The summed E-state index contributed by atoms with van der Waals surface area (Å²) in [6.45, 7) is 4.65. The van der Waals surface area contributed by atoms with Gasteiger partial charge < -0.3 is 15.3 Å². The van der Waals surface area contributed by atoms with Crippen LogP contribution < -0.4 is 10.2 Å². The second kappa shape index (κ2) is 7.28. The molecule has 4 nitrogen and oxygen atoms in total. The minimum atomic E-state index is 0.126. The molecule has 1 aliphatic rings. The maximum Gasteiger partial charge on any atom is 0.101 e. The smallest absolute Gasteiger partial charge is 0.101 e. The summed E-state index contributed by atoms with van der Waals surface area (Å²) in [7, 11) is 0. The molecule has 1 aromatic rings. The number of nitrogens with one attached hydrogen (secondary N) is 1. The highest BCUT2D eigenvalue weighted by atomic mass is 16.3. The molecule has 0 aromatic heterocycles. The Bertz CT molecular complexity index is 477. The summed E-state index contributed by atoms with van der Waals surface area (Å²) in [5, 5.41) is 21.9. The van der Waals surface area contributed by atoms with Crippen molar-refractivity contribution < 1.29 is 5.11 Å². The highest BCUT2D eigenvalue weighted by molar-refractivity contribution is 5.61. The van der Waals surface area contributed by atoms with Crippen molar-refractivity contribution in [1.29, 1.82) is 5.26 Å². The molecule has 20 heavy (non-hydrogen) atoms. The molecular weight excluding hydrogens is 250 g/mol. The van der Waals surface area contributed by atoms with E-state index in [1.165, 1.54) is 0 Å². The van der Waals surface area contributed by atoms with Crippen molar-refractivity contribution in [3.63, 3.8) is 0 Å². The second-order valence-electron chi connectivity index (χ2n) is 5.29. The van der Waals surface area contributed by atoms with Gasteiger partial charge in [-0.05, 0) is 43.5 Å². The Hall–Kier alpha value is -1.57. The molecule has 0 radical (unpaired) electrons. The van der Waals surface area contributed by atoms with E-state index in [1.807, 2.05) is 12.1 Å². The minimum absolute atomic E-state index is 0.126. The molecule has 1 aliphatic carbocycles. The number of nitriles is 1. The zero-order valence-corrected chi connectivity index (χ0v) is 12.1. The van der Waals surface area contributed by atoms with Crippen LogP contribution in [0.2, 0.25) is 0 Å². The van der Waals surface area contributed by atoms with Crippen molar-refractivity contribution in [3.05, 3.63) is 29.3 Å². The van der Waals surface area contributed by atoms with Crippen molar-refractivity contribution in [3.8, 4) is 6.07 Å². The van der Waals surface area contributed by atoms with Crippen LogP contribution in [0.3, 0.4) is 0 Å². The first kappa shape index (κ1) is 14.8. The van der Waals surface area contributed by atoms with Crippen LogP contribution in [0.1, 0.15) is 37.3 Å². The average Bonchev–Trinajstić information content (AvgIpc) is 3.30. The molecular formula is C16H23N3O. The number of anilines is 1. The lowest BCUT2D eigenvalue weighted by atomic mass is 10.1. The summed E-state index contributed by atoms with van der Waals surface area (Å²) < 4.78 is 0. The number of aliphatic hydroxyl groups is 1. The van der Waals surface area contributed by atoms with Crippen LogP contribution in [-0.4, -0.2) is 30.8 Å². The second-order valence-corrected chi connectivity index (χ2v) is 5.29. The highest BCUT2D eigenvalue weighted by Crippen LogP contribution is 2.33. The van der Waals surface area contributed by atoms with Crippen LogP contribution in [-0.2, 0) is 6.54 Å². The third-order valence-electron chi connectivity index (χ3n) is 3.58. The molecule has 0 unspecified atom stereocenters. The van der Waals surface area contributed by atoms with Crippen molar-refractivity contribution in [2.45, 2.75) is 38.8 Å². The summed E-state index contributed by atoms with van der Waals surface area (Å²) in [4.78, 5) is 2.17. The number of hydrogen-bond acceptors (Lipinski definition) is 4. The van der Waals surface area contributed by atoms with E-state index in [0.29, 0.717) is 18.2 Å². The van der Waals surface area contributed by atoms with Crippen LogP contribution in [0.25, 0.3) is 0 Å². The van der Waals surface area contributed by atoms with Gasteiger partial charge in [0.1, 0.15) is 6.07 Å². The van der Waals surface area contributed by atoms with E-state index in [1.54, 1.807) is 0 Å². The van der Waals surface area contributed by atoms with E-state index in [4.69, 9.17) is 0 Å². The van der Waals surface area contributed by atoms with Gasteiger partial charge in [0, 0.05) is 19.1 Å². The zero-order valence-electron chi connectivity index (χ0n) is 12.1. The van der Waals surface area contributed by atoms with Crippen LogP contribution in [0.5, 0.6) is 0 Å². The number of nitrogens with zero attached hydrogens (tertiary/aromatic N) is 2. The standard InChI is InChI=1S/C16H23N3O/c1-2-7-18-12-13-3-6-16(14(10-13)11-17)19(8-9-20)15-4-5-15/h3,6,10,15,18,20H,2,4-5,7-9,12H2,1H3. The van der Waals surface area contributed by atoms with Gasteiger partial charge in [0.05, 0.1) is 17.9 Å². The van der Waals surface area contributed by atoms with Gasteiger partial charge in [0.15, 0.2) is 0 Å². The molecule has 1 aromatic carbocycles. The Balaban J connectivity index is 2.14. The summed E-state index contributed by atoms with van der Waals surface area (Å²) in [5.41, 5.74) is 2.81. The predicted molar refractivity (Wildman–Crippen MR) is 80.6 cm³/mol. The minimum Gasteiger partial charge on any atom is -0.395 e. The fraction of sp³-hybridized carbons (Fsp3) is 0.562. The van der Waals surface area contributed by atoms with Crippen molar-refractivity contribution >= 4 is 5.69 Å². The number of hydrogen-bond donors (Lipinski definition) is 2. The molecule has 108 valence electrons. The van der Waals surface area contributed by atoms with E-state index in [0.717, 1.165) is 43.6 Å². The van der Waals surface area contributed by atoms with Gasteiger partial charge in [-0.25, -0.2) is 0 Å². The molecule has 0 bridgehead atoms. The molecule has 1 saturated carbocycles. The van der Waals surface area contributed by atoms with Crippen LogP contribution in [0.4, 0.5) is 5.69 Å². The molecule has 0 spiro atoms. The molecule has 0 aliphatic heterocycles. The molecule has 1 fully saturated rings. The lowest BCUT2D eigenvalue weighted by molar-refractivity contribution is 0.301. The van der Waals surface area contributed by atoms with Crippen molar-refractivity contribution in [2.24, 2.45) is 0 Å². The lowest BCUT2D eigenvalue weighted by Gasteiger charge is -2.25. The third-order valence-corrected chi connectivity index (χ3v) is 3.58. The fourth-order valence-corrected chi connectivity index (χ4v) is 2.44. The summed E-state index contributed by atoms with van der Waals surface area (Å²) in [6.07, 6.45) is 3.42. The Morgan fingerprint density at radius 3 is 2.85 bits per heavy atom. The van der Waals surface area contributed by atoms with E-state index >= 15 is 0 Å². The van der Waals surface area contributed by atoms with Gasteiger partial charge in [-0.2, -0.15) is 5.26 Å². The Labute approximate surface area is 121 Å². The van der Waals surface area contributed by atoms with Crippen molar-refractivity contribution in [2.75, 3.05) is 24.6 Å². The van der Waals surface area contributed by atoms with Gasteiger partial charge in [0.25, 0.3) is 0 Å². The lowest BCUT2D eigenvalue weighted by Crippen LogP contribution is -2.29. The average molecular weight is 273 g/mol. The Morgan fingerprint density at radius 2 is 2.25 bits per heavy atom. The van der Waals surface area contributed by atoms with Gasteiger partial charge in [-0.1, -0.05) is 13.0 Å². The van der Waals surface area contributed by atoms with E-state index in [-0.39, 0.29) is 6.61 Å². The van der Waals surface area contributed by atoms with Gasteiger partial charge in [-0.15, -0.1) is 0 Å². The highest BCUT2D eigenvalue weighted by Gasteiger charge is 2.30. The van der Waals surface area contributed by atoms with Gasteiger partial charge >= 0.3 is 0 Å². The normalized spacial score (nSPS) is 14.1. The summed E-state index contributed by atoms with van der Waals surface area (Å²) in [5.74, 6) is 0. The predicted octanol–water partition coefficient (Wildman–Crippen LogP) is 2.02. The molecule has 0 atom stereocenters. The molecule has 2 rings (SSSR count). The largest absolute Gasteiger partial charge is 0.395 e. The van der Waals surface area contributed by atoms with E-state index in [2.05, 4.69) is 29.3 Å². The van der Waals surface area contributed by atoms with Crippen molar-refractivity contribution in [1.82, 2.24) is 5.32 Å². The first-order valence-electron chi connectivity index (χ1n) is 7.41. The maximum atomic E-state index is 9.37. The fourth-order valence-electron chi connectivity index (χ4n) is 2.44. The van der Waals surface area contributed by atoms with Crippen LogP contribution in [0.15, 0.2) is 18.2 Å². The number of aliphatic hydroxyl groups excluding tert-OH is 1. The summed E-state index contributed by atoms with van der Waals surface area (Å²) >= 11 is 0. The topological polar surface area (TPSA) is 59.3 Å². The summed E-state index contributed by atoms with van der Waals surface area (Å²) in [6, 6.07) is 8.86. The molecule has 0 saturated heterocycles.